The minimum Gasteiger partial charge on any atom is -0.369 e. The number of nitrogens with zero attached hydrogens (tertiary/aromatic N) is 2. The maximum absolute atomic E-state index is 13.7. The zero-order valence-electron chi connectivity index (χ0n) is 18.4. The summed E-state index contributed by atoms with van der Waals surface area (Å²) >= 11 is 0. The van der Waals surface area contributed by atoms with Crippen molar-refractivity contribution in [3.05, 3.63) is 81.6 Å². The van der Waals surface area contributed by atoms with Gasteiger partial charge in [-0.3, -0.25) is 4.79 Å². The summed E-state index contributed by atoms with van der Waals surface area (Å²) in [4.78, 5) is 17.4. The molecule has 1 aromatic heterocycles. The average molecular weight is 500 g/mol. The van der Waals surface area contributed by atoms with Crippen LogP contribution in [-0.4, -0.2) is 43.9 Å². The number of pyridine rings is 1. The third kappa shape index (κ3) is 3.42. The summed E-state index contributed by atoms with van der Waals surface area (Å²) in [5.74, 6) is 0. The van der Waals surface area contributed by atoms with E-state index in [1.165, 1.54) is 16.4 Å². The van der Waals surface area contributed by atoms with Crippen molar-refractivity contribution in [1.29, 1.82) is 0 Å². The first-order chi connectivity index (χ1) is 16.6. The average Bonchev–Trinajstić information content (AvgIpc) is 3.23. The van der Waals surface area contributed by atoms with Gasteiger partial charge in [-0.15, -0.1) is 0 Å². The van der Waals surface area contributed by atoms with Crippen molar-refractivity contribution in [3.63, 3.8) is 0 Å². The van der Waals surface area contributed by atoms with E-state index >= 15 is 0 Å². The molecule has 1 aliphatic carbocycles. The lowest BCUT2D eigenvalue weighted by Crippen LogP contribution is -2.48. The molecule has 2 heterocycles. The van der Waals surface area contributed by atoms with Crippen molar-refractivity contribution in [2.45, 2.75) is 17.5 Å². The Bertz CT molecular complexity index is 1650. The molecule has 6 nitrogen and oxygen atoms in total. The highest BCUT2D eigenvalue weighted by atomic mass is 32.2. The van der Waals surface area contributed by atoms with Crippen LogP contribution in [0.2, 0.25) is 0 Å². The zero-order valence-corrected chi connectivity index (χ0v) is 19.2. The number of rotatable bonds is 3. The Hall–Kier alpha value is -3.37. The molecule has 0 radical (unpaired) electrons. The van der Waals surface area contributed by atoms with Gasteiger partial charge in [0.25, 0.3) is 5.56 Å². The highest BCUT2D eigenvalue weighted by Gasteiger charge is 2.34. The number of sulfonamides is 1. The van der Waals surface area contributed by atoms with E-state index in [4.69, 9.17) is 0 Å². The van der Waals surface area contributed by atoms with Gasteiger partial charge < -0.3 is 9.88 Å². The van der Waals surface area contributed by atoms with Gasteiger partial charge in [-0.1, -0.05) is 12.1 Å². The van der Waals surface area contributed by atoms with Crippen molar-refractivity contribution >= 4 is 37.4 Å². The Labute approximate surface area is 198 Å². The molecule has 1 fully saturated rings. The van der Waals surface area contributed by atoms with E-state index in [1.54, 1.807) is 24.3 Å². The Morgan fingerprint density at radius 3 is 2.26 bits per heavy atom. The number of piperazine rings is 1. The minimum atomic E-state index is -4.40. The summed E-state index contributed by atoms with van der Waals surface area (Å²) in [6.45, 7) is 1.17. The molecule has 0 spiro atoms. The van der Waals surface area contributed by atoms with Crippen LogP contribution < -0.4 is 10.5 Å². The monoisotopic (exact) mass is 499 g/mol. The third-order valence-electron chi connectivity index (χ3n) is 6.95. The van der Waals surface area contributed by atoms with E-state index in [2.05, 4.69) is 4.98 Å². The number of nitrogens with one attached hydrogen (secondary N) is 1. The maximum Gasteiger partial charge on any atom is 0.416 e. The smallest absolute Gasteiger partial charge is 0.369 e. The fraction of sp³-hybridized carbons (Fsp3) is 0.240. The molecular formula is C25H20F3N3O3S. The van der Waals surface area contributed by atoms with Crippen LogP contribution >= 0.6 is 0 Å². The van der Waals surface area contributed by atoms with E-state index in [-0.39, 0.29) is 23.5 Å². The molecule has 1 aliphatic heterocycles. The number of aromatic amines is 1. The number of halogens is 3. The Balaban J connectivity index is 1.29. The van der Waals surface area contributed by atoms with Crippen LogP contribution in [0.15, 0.2) is 64.3 Å². The number of hydrogen-bond acceptors (Lipinski definition) is 4. The first-order valence-corrected chi connectivity index (χ1v) is 12.6. The molecule has 3 aromatic carbocycles. The topological polar surface area (TPSA) is 73.5 Å². The number of H-pyrrole nitrogens is 1. The van der Waals surface area contributed by atoms with Crippen LogP contribution in [0.4, 0.5) is 18.9 Å². The molecular weight excluding hydrogens is 479 g/mol. The molecule has 2 aliphatic rings. The molecule has 0 saturated carbocycles. The van der Waals surface area contributed by atoms with Gasteiger partial charge in [0, 0.05) is 60.0 Å². The summed E-state index contributed by atoms with van der Waals surface area (Å²) in [7, 11) is -3.81. The number of alkyl halides is 3. The first-order valence-electron chi connectivity index (χ1n) is 11.2. The second-order valence-electron chi connectivity index (χ2n) is 8.87. The largest absolute Gasteiger partial charge is 0.416 e. The molecule has 180 valence electrons. The molecule has 1 saturated heterocycles. The van der Waals surface area contributed by atoms with E-state index in [9.17, 15) is 26.4 Å². The summed E-state index contributed by atoms with van der Waals surface area (Å²) < 4.78 is 67.3. The first kappa shape index (κ1) is 22.1. The number of hydrogen-bond donors (Lipinski definition) is 1. The van der Waals surface area contributed by atoms with E-state index in [0.29, 0.717) is 41.7 Å². The molecule has 10 heteroatoms. The normalized spacial score (nSPS) is 16.6. The highest BCUT2D eigenvalue weighted by molar-refractivity contribution is 7.89. The van der Waals surface area contributed by atoms with Crippen molar-refractivity contribution in [2.75, 3.05) is 31.1 Å². The molecule has 0 unspecified atom stereocenters. The molecule has 0 bridgehead atoms. The van der Waals surface area contributed by atoms with E-state index in [0.717, 1.165) is 28.5 Å². The lowest BCUT2D eigenvalue weighted by molar-refractivity contribution is -0.137. The number of anilines is 1. The molecule has 0 atom stereocenters. The molecule has 4 aromatic rings. The lowest BCUT2D eigenvalue weighted by Gasteiger charge is -2.35. The van der Waals surface area contributed by atoms with Crippen LogP contribution in [-0.2, 0) is 22.6 Å². The Kier molecular flexibility index (Phi) is 4.78. The fourth-order valence-electron chi connectivity index (χ4n) is 5.23. The van der Waals surface area contributed by atoms with Gasteiger partial charge in [0.1, 0.15) is 0 Å². The van der Waals surface area contributed by atoms with Crippen LogP contribution in [0.3, 0.4) is 0 Å². The van der Waals surface area contributed by atoms with Gasteiger partial charge in [0.15, 0.2) is 0 Å². The predicted molar refractivity (Wildman–Crippen MR) is 127 cm³/mol. The molecule has 0 amide bonds. The number of benzene rings is 3. The van der Waals surface area contributed by atoms with Crippen molar-refractivity contribution < 1.29 is 21.6 Å². The van der Waals surface area contributed by atoms with Crippen LogP contribution in [0, 0.1) is 0 Å². The fourth-order valence-corrected chi connectivity index (χ4v) is 6.88. The van der Waals surface area contributed by atoms with Gasteiger partial charge in [-0.2, -0.15) is 17.5 Å². The van der Waals surface area contributed by atoms with Crippen LogP contribution in [0.25, 0.3) is 21.7 Å². The van der Waals surface area contributed by atoms with Gasteiger partial charge >= 0.3 is 6.18 Å². The minimum absolute atomic E-state index is 0.197. The molecule has 1 N–H and O–H groups in total. The van der Waals surface area contributed by atoms with Crippen molar-refractivity contribution in [1.82, 2.24) is 9.29 Å². The second-order valence-corrected chi connectivity index (χ2v) is 10.8. The molecule has 6 rings (SSSR count). The highest BCUT2D eigenvalue weighted by Crippen LogP contribution is 2.40. The summed E-state index contributed by atoms with van der Waals surface area (Å²) in [5.41, 5.74) is 1.96. The summed E-state index contributed by atoms with van der Waals surface area (Å²) in [6.07, 6.45) is -3.97. The van der Waals surface area contributed by atoms with E-state index in [1.807, 2.05) is 11.0 Å². The number of aromatic nitrogens is 1. The lowest BCUT2D eigenvalue weighted by atomic mass is 10.1. The maximum atomic E-state index is 13.7. The second kappa shape index (κ2) is 7.56. The molecule has 35 heavy (non-hydrogen) atoms. The summed E-state index contributed by atoms with van der Waals surface area (Å²) in [5, 5.41) is 2.14. The van der Waals surface area contributed by atoms with Gasteiger partial charge in [-0.05, 0) is 53.6 Å². The van der Waals surface area contributed by atoms with Crippen molar-refractivity contribution in [2.24, 2.45) is 0 Å². The Morgan fingerprint density at radius 1 is 0.857 bits per heavy atom. The standard InChI is InChI=1S/C25H20F3N3O3S/c26-25(27,28)16-4-6-17(7-5-16)30-10-12-31(13-11-30)35(33,34)21-9-8-20-23-19(21)14-15-2-1-3-18(22(15)23)24(32)29-20/h1-9H,10-14H2,(H,29,32). The predicted octanol–water partition coefficient (Wildman–Crippen LogP) is 4.12. The quantitative estimate of drug-likeness (QED) is 0.379. The van der Waals surface area contributed by atoms with Gasteiger partial charge in [-0.25, -0.2) is 8.42 Å². The van der Waals surface area contributed by atoms with E-state index < -0.39 is 21.8 Å². The Morgan fingerprint density at radius 2 is 1.57 bits per heavy atom. The third-order valence-corrected chi connectivity index (χ3v) is 8.93. The van der Waals surface area contributed by atoms with Gasteiger partial charge in [0.05, 0.1) is 10.5 Å². The van der Waals surface area contributed by atoms with Crippen molar-refractivity contribution in [3.8, 4) is 0 Å². The zero-order chi connectivity index (χ0) is 24.5. The van der Waals surface area contributed by atoms with Gasteiger partial charge in [0.2, 0.25) is 10.0 Å². The SMILES string of the molecule is O=c1[nH]c2ccc(S(=O)(=O)N3CCN(c4ccc(C(F)(F)F)cc4)CC3)c3c2c2c(cccc12)C3. The van der Waals surface area contributed by atoms with Crippen LogP contribution in [0.1, 0.15) is 16.7 Å². The van der Waals surface area contributed by atoms with Crippen LogP contribution in [0.5, 0.6) is 0 Å². The summed E-state index contributed by atoms with van der Waals surface area (Å²) in [6, 6.07) is 13.6.